The molecule has 0 atom stereocenters. The van der Waals surface area contributed by atoms with Gasteiger partial charge in [0.15, 0.2) is 0 Å². The van der Waals surface area contributed by atoms with Crippen molar-refractivity contribution in [3.8, 4) is 0 Å². The molecule has 0 aromatic heterocycles. The van der Waals surface area contributed by atoms with E-state index in [9.17, 15) is 22.4 Å². The number of nitrogens with zero attached hydrogens (tertiary/aromatic N) is 2. The van der Waals surface area contributed by atoms with Gasteiger partial charge in [0.25, 0.3) is 5.91 Å². The minimum absolute atomic E-state index is 0.0984. The summed E-state index contributed by atoms with van der Waals surface area (Å²) in [6.45, 7) is 1.66. The first-order chi connectivity index (χ1) is 16.3. The number of hydrogen-bond acceptors (Lipinski definition) is 4. The maximum Gasteiger partial charge on any atom is 0.321 e. The predicted molar refractivity (Wildman–Crippen MR) is 127 cm³/mol. The Morgan fingerprint density at radius 2 is 1.59 bits per heavy atom. The first-order valence-electron chi connectivity index (χ1n) is 11.6. The predicted octanol–water partition coefficient (Wildman–Crippen LogP) is 3.43. The summed E-state index contributed by atoms with van der Waals surface area (Å²) in [5.74, 6) is -1.32. The van der Waals surface area contributed by atoms with E-state index in [1.165, 1.54) is 10.4 Å². The topological polar surface area (TPSA) is 98.8 Å². The van der Waals surface area contributed by atoms with E-state index in [4.69, 9.17) is 0 Å². The number of carbonyl (C=O) groups excluding carboxylic acids is 2. The number of nitrogens with one attached hydrogen (secondary N) is 2. The molecule has 8 nitrogen and oxygen atoms in total. The van der Waals surface area contributed by atoms with Gasteiger partial charge in [0.2, 0.25) is 10.0 Å². The Labute approximate surface area is 199 Å². The molecule has 2 N–H and O–H groups in total. The molecule has 0 bridgehead atoms. The van der Waals surface area contributed by atoms with Crippen molar-refractivity contribution in [3.05, 3.63) is 59.9 Å². The third-order valence-electron chi connectivity index (χ3n) is 6.27. The molecule has 4 rings (SSSR count). The molecule has 3 amide bonds. The van der Waals surface area contributed by atoms with Crippen molar-refractivity contribution >= 4 is 27.6 Å². The lowest BCUT2D eigenvalue weighted by molar-refractivity contribution is 0.0919. The number of rotatable bonds is 5. The zero-order valence-corrected chi connectivity index (χ0v) is 19.7. The first kappa shape index (κ1) is 24.2. The van der Waals surface area contributed by atoms with E-state index in [1.807, 2.05) is 30.3 Å². The van der Waals surface area contributed by atoms with Gasteiger partial charge in [-0.2, -0.15) is 4.31 Å². The normalized spacial score (nSPS) is 17.9. The zero-order valence-electron chi connectivity index (χ0n) is 18.9. The van der Waals surface area contributed by atoms with Gasteiger partial charge in [-0.15, -0.1) is 0 Å². The van der Waals surface area contributed by atoms with Crippen LogP contribution < -0.4 is 10.6 Å². The van der Waals surface area contributed by atoms with Crippen LogP contribution in [0, 0.1) is 5.82 Å². The zero-order chi connectivity index (χ0) is 24.1. The van der Waals surface area contributed by atoms with Gasteiger partial charge < -0.3 is 15.5 Å². The molecule has 0 spiro atoms. The molecular weight excluding hydrogens is 459 g/mol. The highest BCUT2D eigenvalue weighted by molar-refractivity contribution is 7.89. The van der Waals surface area contributed by atoms with Crippen LogP contribution in [0.15, 0.2) is 53.4 Å². The number of hydrogen-bond donors (Lipinski definition) is 2. The molecule has 2 fully saturated rings. The van der Waals surface area contributed by atoms with Crippen molar-refractivity contribution in [2.45, 2.75) is 43.0 Å². The molecule has 2 aliphatic rings. The molecule has 10 heteroatoms. The van der Waals surface area contributed by atoms with E-state index in [-0.39, 0.29) is 17.6 Å². The third kappa shape index (κ3) is 5.56. The number of halogens is 1. The molecule has 0 aliphatic carbocycles. The number of anilines is 1. The van der Waals surface area contributed by atoms with Gasteiger partial charge in [-0.05, 0) is 56.0 Å². The molecule has 2 aromatic rings. The van der Waals surface area contributed by atoms with E-state index in [2.05, 4.69) is 10.6 Å². The smallest absolute Gasteiger partial charge is 0.321 e. The van der Waals surface area contributed by atoms with Gasteiger partial charge in [0, 0.05) is 43.5 Å². The van der Waals surface area contributed by atoms with E-state index in [0.29, 0.717) is 39.0 Å². The molecule has 182 valence electrons. The van der Waals surface area contributed by atoms with Crippen molar-refractivity contribution in [2.24, 2.45) is 0 Å². The SMILES string of the molecule is O=C(NC1CCN(C(=O)Nc2ccccc2)CC1)c1ccc(F)c(S(=O)(=O)N2CCCCC2)c1. The number of para-hydroxylation sites is 1. The summed E-state index contributed by atoms with van der Waals surface area (Å²) >= 11 is 0. The van der Waals surface area contributed by atoms with Gasteiger partial charge >= 0.3 is 6.03 Å². The van der Waals surface area contributed by atoms with Gasteiger partial charge in [0.1, 0.15) is 10.7 Å². The summed E-state index contributed by atoms with van der Waals surface area (Å²) in [5, 5.41) is 5.74. The quantitative estimate of drug-likeness (QED) is 0.674. The lowest BCUT2D eigenvalue weighted by Crippen LogP contribution is -2.47. The Kier molecular flexibility index (Phi) is 7.47. The highest BCUT2D eigenvalue weighted by atomic mass is 32.2. The number of piperidine rings is 2. The van der Waals surface area contributed by atoms with Gasteiger partial charge in [0.05, 0.1) is 0 Å². The van der Waals surface area contributed by atoms with Crippen LogP contribution in [-0.4, -0.2) is 61.8 Å². The minimum Gasteiger partial charge on any atom is -0.349 e. The highest BCUT2D eigenvalue weighted by Gasteiger charge is 2.30. The maximum absolute atomic E-state index is 14.4. The van der Waals surface area contributed by atoms with Crippen molar-refractivity contribution in [2.75, 3.05) is 31.5 Å². The average molecular weight is 489 g/mol. The Bertz CT molecular complexity index is 1130. The second kappa shape index (κ2) is 10.5. The second-order valence-corrected chi connectivity index (χ2v) is 10.5. The third-order valence-corrected chi connectivity index (χ3v) is 8.18. The van der Waals surface area contributed by atoms with Crippen molar-refractivity contribution in [1.29, 1.82) is 0 Å². The molecular formula is C24H29FN4O4S. The van der Waals surface area contributed by atoms with Gasteiger partial charge in [-0.1, -0.05) is 24.6 Å². The van der Waals surface area contributed by atoms with Crippen LogP contribution in [0.4, 0.5) is 14.9 Å². The largest absolute Gasteiger partial charge is 0.349 e. The fourth-order valence-electron chi connectivity index (χ4n) is 4.31. The van der Waals surface area contributed by atoms with Gasteiger partial charge in [-0.25, -0.2) is 17.6 Å². The minimum atomic E-state index is -4.00. The summed E-state index contributed by atoms with van der Waals surface area (Å²) in [6, 6.07) is 12.3. The average Bonchev–Trinajstić information content (AvgIpc) is 2.85. The summed E-state index contributed by atoms with van der Waals surface area (Å²) in [5.41, 5.74) is 0.816. The fourth-order valence-corrected chi connectivity index (χ4v) is 5.91. The van der Waals surface area contributed by atoms with Gasteiger partial charge in [-0.3, -0.25) is 4.79 Å². The molecule has 2 heterocycles. The Morgan fingerprint density at radius 1 is 0.912 bits per heavy atom. The van der Waals surface area contributed by atoms with Crippen LogP contribution in [-0.2, 0) is 10.0 Å². The molecule has 34 heavy (non-hydrogen) atoms. The van der Waals surface area contributed by atoms with Crippen molar-refractivity contribution < 1.29 is 22.4 Å². The Balaban J connectivity index is 1.35. The van der Waals surface area contributed by atoms with Crippen LogP contribution in [0.5, 0.6) is 0 Å². The number of sulfonamides is 1. The molecule has 0 unspecified atom stereocenters. The van der Waals surface area contributed by atoms with Crippen LogP contribution in [0.3, 0.4) is 0 Å². The molecule has 2 saturated heterocycles. The Morgan fingerprint density at radius 3 is 2.26 bits per heavy atom. The summed E-state index contributed by atoms with van der Waals surface area (Å²) in [4.78, 5) is 26.5. The van der Waals surface area contributed by atoms with Crippen molar-refractivity contribution in [3.63, 3.8) is 0 Å². The van der Waals surface area contributed by atoms with E-state index in [0.717, 1.165) is 37.1 Å². The standard InChI is InChI=1S/C24H29FN4O4S/c25-21-10-9-18(17-22(21)34(32,33)29-13-5-2-6-14-29)23(30)26-20-11-15-28(16-12-20)24(31)27-19-7-3-1-4-8-19/h1,3-4,7-10,17,20H,2,5-6,11-16H2,(H,26,30)(H,27,31). The monoisotopic (exact) mass is 488 g/mol. The highest BCUT2D eigenvalue weighted by Crippen LogP contribution is 2.24. The Hall–Kier alpha value is -2.98. The molecule has 0 radical (unpaired) electrons. The van der Waals surface area contributed by atoms with E-state index < -0.39 is 26.6 Å². The van der Waals surface area contributed by atoms with Crippen LogP contribution in [0.25, 0.3) is 0 Å². The van der Waals surface area contributed by atoms with E-state index >= 15 is 0 Å². The van der Waals surface area contributed by atoms with E-state index in [1.54, 1.807) is 4.90 Å². The van der Waals surface area contributed by atoms with Crippen LogP contribution in [0.2, 0.25) is 0 Å². The lowest BCUT2D eigenvalue weighted by Gasteiger charge is -2.32. The summed E-state index contributed by atoms with van der Waals surface area (Å²) in [7, 11) is -4.00. The van der Waals surface area contributed by atoms with Crippen molar-refractivity contribution in [1.82, 2.24) is 14.5 Å². The fraction of sp³-hybridized carbons (Fsp3) is 0.417. The lowest BCUT2D eigenvalue weighted by atomic mass is 10.0. The second-order valence-electron chi connectivity index (χ2n) is 8.64. The van der Waals surface area contributed by atoms with Crippen LogP contribution >= 0.6 is 0 Å². The summed E-state index contributed by atoms with van der Waals surface area (Å²) in [6.07, 6.45) is 3.55. The molecule has 2 aliphatic heterocycles. The number of carbonyl (C=O) groups is 2. The number of urea groups is 1. The number of amides is 3. The van der Waals surface area contributed by atoms with Crippen LogP contribution in [0.1, 0.15) is 42.5 Å². The number of likely N-dealkylation sites (tertiary alicyclic amines) is 1. The first-order valence-corrected chi connectivity index (χ1v) is 13.0. The maximum atomic E-state index is 14.4. The summed E-state index contributed by atoms with van der Waals surface area (Å²) < 4.78 is 41.6. The number of benzene rings is 2. The molecule has 0 saturated carbocycles. The molecule has 2 aromatic carbocycles.